The number of carbonyl (C=O) groups is 2. The quantitative estimate of drug-likeness (QED) is 0.735. The number of hydrogen-bond donors (Lipinski definition) is 1. The average Bonchev–Trinajstić information content (AvgIpc) is 2.89. The van der Waals surface area contributed by atoms with Crippen LogP contribution in [0.25, 0.3) is 6.08 Å². The summed E-state index contributed by atoms with van der Waals surface area (Å²) in [6.07, 6.45) is 3.02. The van der Waals surface area contributed by atoms with Crippen molar-refractivity contribution in [1.82, 2.24) is 4.90 Å². The average molecular weight is 412 g/mol. The molecule has 2 aromatic rings. The molecule has 1 aliphatic heterocycles. The lowest BCUT2D eigenvalue weighted by Gasteiger charge is -2.13. The van der Waals surface area contributed by atoms with Crippen LogP contribution in [0.4, 0.5) is 5.69 Å². The Kier molecular flexibility index (Phi) is 6.46. The van der Waals surface area contributed by atoms with Gasteiger partial charge >= 0.3 is 0 Å². The summed E-state index contributed by atoms with van der Waals surface area (Å²) in [6.45, 7) is 0.936. The molecule has 8 nitrogen and oxygen atoms in total. The van der Waals surface area contributed by atoms with E-state index in [1.807, 2.05) is 0 Å². The smallest absolute Gasteiger partial charge is 0.257 e. The lowest BCUT2D eigenvalue weighted by molar-refractivity contribution is -0.111. The molecule has 8 heteroatoms. The second kappa shape index (κ2) is 9.21. The highest BCUT2D eigenvalue weighted by molar-refractivity contribution is 6.04. The summed E-state index contributed by atoms with van der Waals surface area (Å²) in [7, 11) is 6.29. The first-order chi connectivity index (χ1) is 14.5. The van der Waals surface area contributed by atoms with Crippen molar-refractivity contribution in [2.45, 2.75) is 0 Å². The molecule has 1 aliphatic rings. The molecule has 0 aromatic heterocycles. The summed E-state index contributed by atoms with van der Waals surface area (Å²) in [5, 5.41) is 2.76. The molecule has 0 radical (unpaired) electrons. The van der Waals surface area contributed by atoms with Crippen molar-refractivity contribution in [3.63, 3.8) is 0 Å². The van der Waals surface area contributed by atoms with E-state index in [4.69, 9.17) is 18.9 Å². The Morgan fingerprint density at radius 3 is 2.43 bits per heavy atom. The zero-order chi connectivity index (χ0) is 21.7. The zero-order valence-corrected chi connectivity index (χ0v) is 17.4. The summed E-state index contributed by atoms with van der Waals surface area (Å²) >= 11 is 0. The van der Waals surface area contributed by atoms with Gasteiger partial charge in [-0.3, -0.25) is 9.59 Å². The van der Waals surface area contributed by atoms with Gasteiger partial charge in [0.05, 0.1) is 33.4 Å². The highest BCUT2D eigenvalue weighted by Crippen LogP contribution is 2.38. The van der Waals surface area contributed by atoms with Crippen molar-refractivity contribution >= 4 is 23.6 Å². The van der Waals surface area contributed by atoms with Gasteiger partial charge in [0.1, 0.15) is 12.4 Å². The van der Waals surface area contributed by atoms with Crippen molar-refractivity contribution in [3.05, 3.63) is 47.5 Å². The second-order valence-electron chi connectivity index (χ2n) is 6.57. The van der Waals surface area contributed by atoms with Gasteiger partial charge in [0, 0.05) is 18.8 Å². The van der Waals surface area contributed by atoms with E-state index in [1.54, 1.807) is 48.4 Å². The number of nitrogens with zero attached hydrogens (tertiary/aromatic N) is 1. The van der Waals surface area contributed by atoms with Crippen LogP contribution in [-0.2, 0) is 4.79 Å². The van der Waals surface area contributed by atoms with E-state index in [1.165, 1.54) is 27.4 Å². The molecule has 0 atom stereocenters. The number of ether oxygens (including phenoxy) is 4. The normalized spacial score (nSPS) is 13.3. The predicted octanol–water partition coefficient (Wildman–Crippen LogP) is 2.83. The Morgan fingerprint density at radius 1 is 1.10 bits per heavy atom. The van der Waals surface area contributed by atoms with E-state index in [-0.39, 0.29) is 11.8 Å². The highest BCUT2D eigenvalue weighted by atomic mass is 16.5. The van der Waals surface area contributed by atoms with E-state index in [2.05, 4.69) is 5.32 Å². The molecule has 0 aliphatic carbocycles. The summed E-state index contributed by atoms with van der Waals surface area (Å²) < 4.78 is 21.5. The Bertz CT molecular complexity index is 961. The summed E-state index contributed by atoms with van der Waals surface area (Å²) in [5.41, 5.74) is 1.62. The maximum absolute atomic E-state index is 12.4. The van der Waals surface area contributed by atoms with Gasteiger partial charge in [-0.2, -0.15) is 0 Å². The number of methoxy groups -OCH3 is 3. The van der Waals surface area contributed by atoms with Crippen LogP contribution >= 0.6 is 0 Å². The predicted molar refractivity (Wildman–Crippen MR) is 113 cm³/mol. The fourth-order valence-electron chi connectivity index (χ4n) is 3.05. The van der Waals surface area contributed by atoms with Gasteiger partial charge in [0.2, 0.25) is 11.7 Å². The number of hydrogen-bond acceptors (Lipinski definition) is 6. The number of anilines is 1. The van der Waals surface area contributed by atoms with Crippen LogP contribution in [0.1, 0.15) is 15.9 Å². The number of carbonyl (C=O) groups excluding carboxylic acids is 2. The maximum atomic E-state index is 12.4. The molecule has 0 saturated heterocycles. The molecule has 0 bridgehead atoms. The number of amides is 2. The van der Waals surface area contributed by atoms with Gasteiger partial charge in [0.25, 0.3) is 5.91 Å². The fourth-order valence-corrected chi connectivity index (χ4v) is 3.05. The van der Waals surface area contributed by atoms with Gasteiger partial charge in [0.15, 0.2) is 11.5 Å². The minimum Gasteiger partial charge on any atom is -0.493 e. The van der Waals surface area contributed by atoms with Crippen LogP contribution in [0.3, 0.4) is 0 Å². The van der Waals surface area contributed by atoms with Crippen LogP contribution < -0.4 is 24.3 Å². The van der Waals surface area contributed by atoms with Gasteiger partial charge in [-0.05, 0) is 42.0 Å². The van der Waals surface area contributed by atoms with E-state index < -0.39 is 0 Å². The monoisotopic (exact) mass is 412 g/mol. The van der Waals surface area contributed by atoms with Crippen molar-refractivity contribution in [2.75, 3.05) is 46.8 Å². The molecule has 0 unspecified atom stereocenters. The molecule has 2 amide bonds. The lowest BCUT2D eigenvalue weighted by atomic mass is 10.1. The Morgan fingerprint density at radius 2 is 1.80 bits per heavy atom. The Balaban J connectivity index is 1.77. The molecular formula is C22H24N2O6. The zero-order valence-electron chi connectivity index (χ0n) is 17.4. The van der Waals surface area contributed by atoms with Crippen LogP contribution in [-0.4, -0.2) is 58.2 Å². The molecule has 2 aromatic carbocycles. The number of rotatable bonds is 6. The van der Waals surface area contributed by atoms with Gasteiger partial charge in [-0.25, -0.2) is 0 Å². The summed E-state index contributed by atoms with van der Waals surface area (Å²) in [5.74, 6) is 1.47. The Hall–Kier alpha value is -3.68. The third-order valence-corrected chi connectivity index (χ3v) is 4.62. The van der Waals surface area contributed by atoms with Crippen LogP contribution in [0.2, 0.25) is 0 Å². The van der Waals surface area contributed by atoms with Crippen molar-refractivity contribution in [1.29, 1.82) is 0 Å². The van der Waals surface area contributed by atoms with E-state index in [9.17, 15) is 9.59 Å². The molecule has 0 saturated carbocycles. The van der Waals surface area contributed by atoms with Crippen LogP contribution in [0.15, 0.2) is 36.4 Å². The molecule has 0 fully saturated rings. The van der Waals surface area contributed by atoms with Gasteiger partial charge in [-0.1, -0.05) is 0 Å². The summed E-state index contributed by atoms with van der Waals surface area (Å²) in [4.78, 5) is 26.4. The number of likely N-dealkylation sites (N-methyl/N-ethyl adjacent to an activating group) is 1. The third-order valence-electron chi connectivity index (χ3n) is 4.62. The van der Waals surface area contributed by atoms with Crippen LogP contribution in [0.5, 0.6) is 23.0 Å². The topological polar surface area (TPSA) is 86.3 Å². The minimum absolute atomic E-state index is 0.147. The number of benzene rings is 2. The number of nitrogens with one attached hydrogen (secondary N) is 1. The first kappa shape index (κ1) is 21.0. The number of fused-ring (bicyclic) bond motifs is 1. The molecule has 30 heavy (non-hydrogen) atoms. The van der Waals surface area contributed by atoms with Crippen molar-refractivity contribution in [3.8, 4) is 23.0 Å². The lowest BCUT2D eigenvalue weighted by Crippen LogP contribution is -2.27. The largest absolute Gasteiger partial charge is 0.493 e. The van der Waals surface area contributed by atoms with E-state index >= 15 is 0 Å². The molecule has 1 N–H and O–H groups in total. The van der Waals surface area contributed by atoms with Gasteiger partial charge < -0.3 is 29.2 Å². The molecular weight excluding hydrogens is 388 g/mol. The highest BCUT2D eigenvalue weighted by Gasteiger charge is 2.21. The SMILES string of the molecule is COc1cc(/C=C/C(=O)Nc2ccc3c(c2)C(=O)N(C)CCO3)cc(OC)c1OC. The first-order valence-electron chi connectivity index (χ1n) is 9.28. The Labute approximate surface area is 175 Å². The minimum atomic E-state index is -0.348. The van der Waals surface area contributed by atoms with E-state index in [0.29, 0.717) is 53.0 Å². The van der Waals surface area contributed by atoms with Crippen LogP contribution in [0, 0.1) is 0 Å². The maximum Gasteiger partial charge on any atom is 0.257 e. The molecule has 0 spiro atoms. The second-order valence-corrected chi connectivity index (χ2v) is 6.57. The van der Waals surface area contributed by atoms with Crippen molar-refractivity contribution in [2.24, 2.45) is 0 Å². The molecule has 1 heterocycles. The third kappa shape index (κ3) is 4.48. The fraction of sp³-hybridized carbons (Fsp3) is 0.273. The standard InChI is InChI=1S/C22H24N2O6/c1-24-9-10-30-17-7-6-15(13-16(17)22(24)26)23-20(25)8-5-14-11-18(27-2)21(29-4)19(12-14)28-3/h5-8,11-13H,9-10H2,1-4H3,(H,23,25)/b8-5+. The van der Waals surface area contributed by atoms with E-state index in [0.717, 1.165) is 0 Å². The van der Waals surface area contributed by atoms with Crippen molar-refractivity contribution < 1.29 is 28.5 Å². The molecule has 3 rings (SSSR count). The molecule has 158 valence electrons. The van der Waals surface area contributed by atoms with Gasteiger partial charge in [-0.15, -0.1) is 0 Å². The summed E-state index contributed by atoms with van der Waals surface area (Å²) in [6, 6.07) is 8.47. The first-order valence-corrected chi connectivity index (χ1v) is 9.28.